The highest BCUT2D eigenvalue weighted by Gasteiger charge is 2.32. The topological polar surface area (TPSA) is 96.0 Å². The van der Waals surface area contributed by atoms with Gasteiger partial charge in [-0.1, -0.05) is 45.8 Å². The van der Waals surface area contributed by atoms with E-state index in [-0.39, 0.29) is 23.4 Å². The van der Waals surface area contributed by atoms with Crippen molar-refractivity contribution in [3.63, 3.8) is 0 Å². The molecule has 3 aromatic carbocycles. The molecule has 0 saturated carbocycles. The number of anilines is 1. The van der Waals surface area contributed by atoms with Crippen LogP contribution in [0.5, 0.6) is 5.75 Å². The van der Waals surface area contributed by atoms with Crippen LogP contribution in [-0.2, 0) is 26.2 Å². The Morgan fingerprint density at radius 3 is 2.08 bits per heavy atom. The van der Waals surface area contributed by atoms with E-state index in [2.05, 4.69) is 21.2 Å². The van der Waals surface area contributed by atoms with E-state index in [4.69, 9.17) is 4.74 Å². The fourth-order valence-corrected chi connectivity index (χ4v) is 5.69. The molecule has 0 bridgehead atoms. The summed E-state index contributed by atoms with van der Waals surface area (Å²) in [6.45, 7) is 9.14. The minimum Gasteiger partial charge on any atom is -0.494 e. The van der Waals surface area contributed by atoms with Gasteiger partial charge in [0, 0.05) is 17.1 Å². The molecule has 0 unspecified atom stereocenters. The average Bonchev–Trinajstić information content (AvgIpc) is 2.91. The minimum atomic E-state index is -4.13. The quantitative estimate of drug-likeness (QED) is 0.294. The second-order valence-corrected chi connectivity index (χ2v) is 12.5. The number of sulfonamides is 1. The highest BCUT2D eigenvalue weighted by atomic mass is 79.9. The molecule has 3 rings (SSSR count). The van der Waals surface area contributed by atoms with Gasteiger partial charge in [-0.25, -0.2) is 8.42 Å². The Morgan fingerprint density at radius 1 is 0.925 bits per heavy atom. The molecule has 8 nitrogen and oxygen atoms in total. The van der Waals surface area contributed by atoms with E-state index in [1.807, 2.05) is 52.0 Å². The van der Waals surface area contributed by atoms with Crippen molar-refractivity contribution >= 4 is 43.5 Å². The van der Waals surface area contributed by atoms with Crippen molar-refractivity contribution in [1.82, 2.24) is 10.2 Å². The Hall–Kier alpha value is -3.37. The number of aryl methyl sites for hydroxylation is 1. The second kappa shape index (κ2) is 13.8. The SMILES string of the molecule is CCOc1ccc(N(CC(=O)N(Cc2ccc(Br)cc2)[C@@H](C)C(=O)NC(C)C)S(=O)(=O)c2ccc(C)cc2)cc1. The normalized spacial score (nSPS) is 12.1. The maximum absolute atomic E-state index is 13.9. The maximum atomic E-state index is 13.9. The number of hydrogen-bond donors (Lipinski definition) is 1. The summed E-state index contributed by atoms with van der Waals surface area (Å²) in [5, 5.41) is 2.85. The zero-order chi connectivity index (χ0) is 29.4. The molecule has 2 amide bonds. The van der Waals surface area contributed by atoms with Crippen molar-refractivity contribution in [3.05, 3.63) is 88.4 Å². The molecule has 0 aliphatic heterocycles. The predicted molar refractivity (Wildman–Crippen MR) is 161 cm³/mol. The van der Waals surface area contributed by atoms with Crippen molar-refractivity contribution in [1.29, 1.82) is 0 Å². The highest BCUT2D eigenvalue weighted by molar-refractivity contribution is 9.10. The number of nitrogens with one attached hydrogen (secondary N) is 1. The maximum Gasteiger partial charge on any atom is 0.264 e. The first-order valence-corrected chi connectivity index (χ1v) is 15.3. The van der Waals surface area contributed by atoms with Crippen LogP contribution in [0.25, 0.3) is 0 Å². The largest absolute Gasteiger partial charge is 0.494 e. The van der Waals surface area contributed by atoms with E-state index in [0.717, 1.165) is 19.9 Å². The smallest absolute Gasteiger partial charge is 0.264 e. The summed E-state index contributed by atoms with van der Waals surface area (Å²) in [6.07, 6.45) is 0. The molecule has 0 saturated heterocycles. The molecule has 1 atom stereocenters. The molecule has 214 valence electrons. The lowest BCUT2D eigenvalue weighted by Gasteiger charge is -2.32. The summed E-state index contributed by atoms with van der Waals surface area (Å²) >= 11 is 3.41. The van der Waals surface area contributed by atoms with Crippen LogP contribution in [0, 0.1) is 6.92 Å². The van der Waals surface area contributed by atoms with E-state index in [1.165, 1.54) is 17.0 Å². The Bertz CT molecular complexity index is 1390. The van der Waals surface area contributed by atoms with Crippen molar-refractivity contribution in [3.8, 4) is 5.75 Å². The number of halogens is 1. The zero-order valence-corrected chi connectivity index (χ0v) is 25.8. The molecule has 0 heterocycles. The summed E-state index contributed by atoms with van der Waals surface area (Å²) in [6, 6.07) is 19.5. The number of carbonyl (C=O) groups excluding carboxylic acids is 2. The zero-order valence-electron chi connectivity index (χ0n) is 23.4. The number of ether oxygens (including phenoxy) is 1. The van der Waals surface area contributed by atoms with E-state index < -0.39 is 28.5 Å². The van der Waals surface area contributed by atoms with Crippen molar-refractivity contribution in [2.75, 3.05) is 17.5 Å². The van der Waals surface area contributed by atoms with Gasteiger partial charge in [0.25, 0.3) is 10.0 Å². The molecule has 0 spiro atoms. The Morgan fingerprint density at radius 2 is 1.52 bits per heavy atom. The van der Waals surface area contributed by atoms with Crippen LogP contribution in [0.2, 0.25) is 0 Å². The molecule has 0 aromatic heterocycles. The van der Waals surface area contributed by atoms with E-state index in [9.17, 15) is 18.0 Å². The predicted octanol–water partition coefficient (Wildman–Crippen LogP) is 5.29. The monoisotopic (exact) mass is 629 g/mol. The first kappa shape index (κ1) is 31.2. The number of amides is 2. The van der Waals surface area contributed by atoms with Gasteiger partial charge in [-0.05, 0) is 88.7 Å². The number of nitrogens with zero attached hydrogens (tertiary/aromatic N) is 2. The number of benzene rings is 3. The van der Waals surface area contributed by atoms with Gasteiger partial charge in [0.05, 0.1) is 17.2 Å². The van der Waals surface area contributed by atoms with E-state index in [1.54, 1.807) is 43.3 Å². The fraction of sp³-hybridized carbons (Fsp3) is 0.333. The lowest BCUT2D eigenvalue weighted by atomic mass is 10.1. The molecule has 0 fully saturated rings. The van der Waals surface area contributed by atoms with Crippen LogP contribution in [0.15, 0.2) is 82.2 Å². The minimum absolute atomic E-state index is 0.0600. The molecule has 0 aliphatic rings. The average molecular weight is 631 g/mol. The Labute approximate surface area is 245 Å². The van der Waals surface area contributed by atoms with Gasteiger partial charge in [0.2, 0.25) is 11.8 Å². The van der Waals surface area contributed by atoms with Gasteiger partial charge in [0.1, 0.15) is 18.3 Å². The molecular formula is C30H36BrN3O5S. The third kappa shape index (κ3) is 8.08. The van der Waals surface area contributed by atoms with Crippen LogP contribution in [0.4, 0.5) is 5.69 Å². The molecule has 40 heavy (non-hydrogen) atoms. The summed E-state index contributed by atoms with van der Waals surface area (Å²) in [7, 11) is -4.13. The van der Waals surface area contributed by atoms with Crippen molar-refractivity contribution < 1.29 is 22.7 Å². The molecule has 0 radical (unpaired) electrons. The molecule has 3 aromatic rings. The first-order chi connectivity index (χ1) is 18.9. The summed E-state index contributed by atoms with van der Waals surface area (Å²) in [5.41, 5.74) is 2.02. The van der Waals surface area contributed by atoms with Crippen molar-refractivity contribution in [2.24, 2.45) is 0 Å². The van der Waals surface area contributed by atoms with Crippen LogP contribution < -0.4 is 14.4 Å². The number of hydrogen-bond acceptors (Lipinski definition) is 5. The highest BCUT2D eigenvalue weighted by Crippen LogP contribution is 2.27. The Balaban J connectivity index is 2.02. The van der Waals surface area contributed by atoms with Gasteiger partial charge in [-0.3, -0.25) is 13.9 Å². The second-order valence-electron chi connectivity index (χ2n) is 9.74. The Kier molecular flexibility index (Phi) is 10.8. The fourth-order valence-electron chi connectivity index (χ4n) is 4.02. The van der Waals surface area contributed by atoms with Crippen LogP contribution in [0.1, 0.15) is 38.8 Å². The molecule has 1 N–H and O–H groups in total. The summed E-state index contributed by atoms with van der Waals surface area (Å²) in [5.74, 6) is -0.255. The lowest BCUT2D eigenvalue weighted by molar-refractivity contribution is -0.139. The molecular weight excluding hydrogens is 594 g/mol. The van der Waals surface area contributed by atoms with E-state index >= 15 is 0 Å². The molecule has 0 aliphatic carbocycles. The van der Waals surface area contributed by atoms with Gasteiger partial charge in [-0.2, -0.15) is 0 Å². The van der Waals surface area contributed by atoms with E-state index in [0.29, 0.717) is 18.0 Å². The third-order valence-corrected chi connectivity index (χ3v) is 8.50. The summed E-state index contributed by atoms with van der Waals surface area (Å²) < 4.78 is 35.3. The molecule has 10 heteroatoms. The van der Waals surface area contributed by atoms with Gasteiger partial charge >= 0.3 is 0 Å². The number of rotatable bonds is 12. The van der Waals surface area contributed by atoms with Gasteiger partial charge in [0.15, 0.2) is 0 Å². The summed E-state index contributed by atoms with van der Waals surface area (Å²) in [4.78, 5) is 28.4. The first-order valence-electron chi connectivity index (χ1n) is 13.1. The lowest BCUT2D eigenvalue weighted by Crippen LogP contribution is -2.52. The third-order valence-electron chi connectivity index (χ3n) is 6.19. The van der Waals surface area contributed by atoms with Crippen LogP contribution in [-0.4, -0.2) is 50.4 Å². The van der Waals surface area contributed by atoms with Gasteiger partial charge < -0.3 is 15.0 Å². The van der Waals surface area contributed by atoms with Crippen LogP contribution >= 0.6 is 15.9 Å². The number of carbonyl (C=O) groups is 2. The van der Waals surface area contributed by atoms with Crippen molar-refractivity contribution in [2.45, 2.75) is 58.1 Å². The van der Waals surface area contributed by atoms with Crippen LogP contribution in [0.3, 0.4) is 0 Å². The van der Waals surface area contributed by atoms with Gasteiger partial charge in [-0.15, -0.1) is 0 Å². The standard InChI is InChI=1S/C30H36BrN3O5S/c1-6-39-27-15-13-26(14-16-27)34(40(37,38)28-17-7-22(4)8-18-28)20-29(35)33(23(5)30(36)32-21(2)3)19-24-9-11-25(31)12-10-24/h7-18,21,23H,6,19-20H2,1-5H3,(H,32,36)/t23-/m0/s1.